The molecule has 17 heavy (non-hydrogen) atoms. The highest BCUT2D eigenvalue weighted by atomic mass is 19.1. The minimum Gasteiger partial charge on any atom is -0.488 e. The first-order valence-electron chi connectivity index (χ1n) is 5.45. The summed E-state index contributed by atoms with van der Waals surface area (Å²) in [5, 5.41) is 0. The lowest BCUT2D eigenvalue weighted by atomic mass is 10.2. The summed E-state index contributed by atoms with van der Waals surface area (Å²) in [6.07, 6.45) is 0. The summed E-state index contributed by atoms with van der Waals surface area (Å²) >= 11 is 0. The number of halogens is 1. The lowest BCUT2D eigenvalue weighted by Gasteiger charge is -2.10. The highest BCUT2D eigenvalue weighted by Crippen LogP contribution is 2.21. The lowest BCUT2D eigenvalue weighted by molar-refractivity contribution is 0.300. The average Bonchev–Trinajstić information content (AvgIpc) is 2.37. The zero-order valence-electron chi connectivity index (χ0n) is 9.40. The molecule has 2 aromatic rings. The second-order valence-electron chi connectivity index (χ2n) is 3.69. The van der Waals surface area contributed by atoms with E-state index in [0.29, 0.717) is 17.9 Å². The van der Waals surface area contributed by atoms with Crippen molar-refractivity contribution in [3.63, 3.8) is 0 Å². The predicted octanol–water partition coefficient (Wildman–Crippen LogP) is 2.86. The van der Waals surface area contributed by atoms with Crippen LogP contribution in [0.4, 0.5) is 4.39 Å². The van der Waals surface area contributed by atoms with Crippen molar-refractivity contribution >= 4 is 0 Å². The van der Waals surface area contributed by atoms with Crippen LogP contribution in [0.15, 0.2) is 48.5 Å². The maximum absolute atomic E-state index is 13.4. The van der Waals surface area contributed by atoms with Gasteiger partial charge in [-0.05, 0) is 17.7 Å². The fourth-order valence-corrected chi connectivity index (χ4v) is 1.61. The molecule has 2 nitrogen and oxygen atoms in total. The Morgan fingerprint density at radius 3 is 2.47 bits per heavy atom. The van der Waals surface area contributed by atoms with E-state index in [1.54, 1.807) is 12.1 Å². The Hall–Kier alpha value is -1.87. The molecular weight excluding hydrogens is 217 g/mol. The largest absolute Gasteiger partial charge is 0.488 e. The molecule has 0 aliphatic rings. The molecule has 2 rings (SSSR count). The van der Waals surface area contributed by atoms with Gasteiger partial charge in [0.1, 0.15) is 18.2 Å². The van der Waals surface area contributed by atoms with Crippen LogP contribution < -0.4 is 10.5 Å². The maximum Gasteiger partial charge on any atom is 0.131 e. The molecule has 0 aliphatic heterocycles. The number of benzene rings is 2. The third kappa shape index (κ3) is 2.82. The van der Waals surface area contributed by atoms with Crippen molar-refractivity contribution in [3.05, 3.63) is 65.5 Å². The molecule has 2 N–H and O–H groups in total. The summed E-state index contributed by atoms with van der Waals surface area (Å²) < 4.78 is 19.0. The summed E-state index contributed by atoms with van der Waals surface area (Å²) in [6, 6.07) is 14.5. The Balaban J connectivity index is 2.12. The molecule has 3 heteroatoms. The van der Waals surface area contributed by atoms with Gasteiger partial charge in [-0.15, -0.1) is 0 Å². The molecule has 2 aromatic carbocycles. The Kier molecular flexibility index (Phi) is 3.73. The molecule has 0 amide bonds. The highest BCUT2D eigenvalue weighted by molar-refractivity contribution is 5.34. The van der Waals surface area contributed by atoms with Crippen molar-refractivity contribution < 1.29 is 9.13 Å². The van der Waals surface area contributed by atoms with Crippen LogP contribution in [0.1, 0.15) is 11.1 Å². The highest BCUT2D eigenvalue weighted by Gasteiger charge is 2.07. The van der Waals surface area contributed by atoms with Crippen molar-refractivity contribution in [2.24, 2.45) is 5.73 Å². The van der Waals surface area contributed by atoms with E-state index in [1.165, 1.54) is 6.07 Å². The van der Waals surface area contributed by atoms with Gasteiger partial charge in [0.2, 0.25) is 0 Å². The van der Waals surface area contributed by atoms with E-state index >= 15 is 0 Å². The first kappa shape index (κ1) is 11.6. The SMILES string of the molecule is NCc1c(F)cccc1OCc1ccccc1. The van der Waals surface area contributed by atoms with E-state index in [1.807, 2.05) is 30.3 Å². The van der Waals surface area contributed by atoms with Gasteiger partial charge in [-0.2, -0.15) is 0 Å². The maximum atomic E-state index is 13.4. The number of hydrogen-bond acceptors (Lipinski definition) is 2. The van der Waals surface area contributed by atoms with E-state index in [9.17, 15) is 4.39 Å². The molecule has 0 atom stereocenters. The molecule has 0 aromatic heterocycles. The monoisotopic (exact) mass is 231 g/mol. The molecule has 0 saturated heterocycles. The second-order valence-corrected chi connectivity index (χ2v) is 3.69. The predicted molar refractivity (Wildman–Crippen MR) is 65.1 cm³/mol. The van der Waals surface area contributed by atoms with Crippen LogP contribution in [0.3, 0.4) is 0 Å². The fraction of sp³-hybridized carbons (Fsp3) is 0.143. The van der Waals surface area contributed by atoms with Crippen LogP contribution in [0, 0.1) is 5.82 Å². The Labute approximate surface area is 99.8 Å². The van der Waals surface area contributed by atoms with Gasteiger partial charge in [-0.3, -0.25) is 0 Å². The first-order chi connectivity index (χ1) is 8.31. The lowest BCUT2D eigenvalue weighted by Crippen LogP contribution is -2.05. The first-order valence-corrected chi connectivity index (χ1v) is 5.45. The molecule has 0 unspecified atom stereocenters. The van der Waals surface area contributed by atoms with Gasteiger partial charge < -0.3 is 10.5 Å². The Bertz CT molecular complexity index is 485. The zero-order chi connectivity index (χ0) is 12.1. The van der Waals surface area contributed by atoms with Crippen LogP contribution in [0.2, 0.25) is 0 Å². The number of nitrogens with two attached hydrogens (primary N) is 1. The summed E-state index contributed by atoms with van der Waals surface area (Å²) in [4.78, 5) is 0. The normalized spacial score (nSPS) is 10.2. The van der Waals surface area contributed by atoms with Gasteiger partial charge >= 0.3 is 0 Å². The van der Waals surface area contributed by atoms with E-state index < -0.39 is 0 Å². The van der Waals surface area contributed by atoms with Gasteiger partial charge in [-0.1, -0.05) is 36.4 Å². The number of rotatable bonds is 4. The second kappa shape index (κ2) is 5.46. The van der Waals surface area contributed by atoms with Gasteiger partial charge in [0, 0.05) is 12.1 Å². The molecule has 0 spiro atoms. The third-order valence-corrected chi connectivity index (χ3v) is 2.52. The number of ether oxygens (including phenoxy) is 1. The van der Waals surface area contributed by atoms with Gasteiger partial charge in [0.15, 0.2) is 0 Å². The van der Waals surface area contributed by atoms with Crippen LogP contribution in [0.25, 0.3) is 0 Å². The zero-order valence-corrected chi connectivity index (χ0v) is 9.40. The Morgan fingerprint density at radius 2 is 1.76 bits per heavy atom. The van der Waals surface area contributed by atoms with E-state index in [0.717, 1.165) is 5.56 Å². The number of hydrogen-bond donors (Lipinski definition) is 1. The standard InChI is InChI=1S/C14H14FNO/c15-13-7-4-8-14(12(13)9-16)17-10-11-5-2-1-3-6-11/h1-8H,9-10,16H2. The minimum absolute atomic E-state index is 0.136. The van der Waals surface area contributed by atoms with E-state index in [-0.39, 0.29) is 12.4 Å². The molecule has 88 valence electrons. The molecule has 0 radical (unpaired) electrons. The topological polar surface area (TPSA) is 35.2 Å². The van der Waals surface area contributed by atoms with Crippen molar-refractivity contribution in [2.45, 2.75) is 13.2 Å². The van der Waals surface area contributed by atoms with Gasteiger partial charge in [0.05, 0.1) is 0 Å². The average molecular weight is 231 g/mol. The third-order valence-electron chi connectivity index (χ3n) is 2.52. The summed E-state index contributed by atoms with van der Waals surface area (Å²) in [5.41, 5.74) is 6.96. The van der Waals surface area contributed by atoms with Crippen molar-refractivity contribution in [1.29, 1.82) is 0 Å². The van der Waals surface area contributed by atoms with Crippen molar-refractivity contribution in [1.82, 2.24) is 0 Å². The molecule has 0 heterocycles. The summed E-state index contributed by atoms with van der Waals surface area (Å²) in [7, 11) is 0. The molecule has 0 aliphatic carbocycles. The molecule has 0 fully saturated rings. The van der Waals surface area contributed by atoms with E-state index in [2.05, 4.69) is 0 Å². The van der Waals surface area contributed by atoms with E-state index in [4.69, 9.17) is 10.5 Å². The van der Waals surface area contributed by atoms with Crippen LogP contribution in [0.5, 0.6) is 5.75 Å². The summed E-state index contributed by atoms with van der Waals surface area (Å²) in [5.74, 6) is 0.189. The fourth-order valence-electron chi connectivity index (χ4n) is 1.61. The quantitative estimate of drug-likeness (QED) is 0.878. The smallest absolute Gasteiger partial charge is 0.131 e. The minimum atomic E-state index is -0.321. The van der Waals surface area contributed by atoms with Crippen molar-refractivity contribution in [3.8, 4) is 5.75 Å². The van der Waals surface area contributed by atoms with Crippen LogP contribution >= 0.6 is 0 Å². The van der Waals surface area contributed by atoms with Gasteiger partial charge in [0.25, 0.3) is 0 Å². The summed E-state index contributed by atoms with van der Waals surface area (Å²) in [6.45, 7) is 0.550. The Morgan fingerprint density at radius 1 is 1.00 bits per heavy atom. The van der Waals surface area contributed by atoms with Crippen molar-refractivity contribution in [2.75, 3.05) is 0 Å². The van der Waals surface area contributed by atoms with Gasteiger partial charge in [-0.25, -0.2) is 4.39 Å². The molecule has 0 bridgehead atoms. The molecular formula is C14H14FNO. The van der Waals surface area contributed by atoms with Crippen LogP contribution in [-0.2, 0) is 13.2 Å². The molecule has 0 saturated carbocycles. The van der Waals surface area contributed by atoms with Crippen LogP contribution in [-0.4, -0.2) is 0 Å².